The first-order valence-electron chi connectivity index (χ1n) is 8.75. The maximum absolute atomic E-state index is 12.7. The number of benzene rings is 2. The number of Topliss-reactive ketones (excluding diaryl/α,β-unsaturated/α-hetero) is 1. The zero-order chi connectivity index (χ0) is 19.6. The summed E-state index contributed by atoms with van der Waals surface area (Å²) in [7, 11) is 6.40. The minimum absolute atomic E-state index is 0.102. The standard InChI is InChI=1S/C22H24O5/c1-13-10-14(6-9-19(13)24-2)11-17-16-12-20(25-3)22(27-5)21(26-4)15(16)7-8-18(17)23/h6,9-12H,7-8H2,1-5H3/b17-11+. The van der Waals surface area contributed by atoms with E-state index in [0.29, 0.717) is 35.7 Å². The fourth-order valence-electron chi connectivity index (χ4n) is 3.54. The highest BCUT2D eigenvalue weighted by Gasteiger charge is 2.29. The summed E-state index contributed by atoms with van der Waals surface area (Å²) in [6.07, 6.45) is 2.95. The lowest BCUT2D eigenvalue weighted by molar-refractivity contribution is -0.113. The molecule has 0 atom stereocenters. The van der Waals surface area contributed by atoms with E-state index in [1.165, 1.54) is 0 Å². The second-order valence-corrected chi connectivity index (χ2v) is 6.38. The van der Waals surface area contributed by atoms with Crippen LogP contribution in [0.5, 0.6) is 23.0 Å². The van der Waals surface area contributed by atoms with Crippen LogP contribution in [0.1, 0.15) is 28.7 Å². The van der Waals surface area contributed by atoms with E-state index < -0.39 is 0 Å². The van der Waals surface area contributed by atoms with E-state index in [4.69, 9.17) is 18.9 Å². The van der Waals surface area contributed by atoms with Gasteiger partial charge in [-0.05, 0) is 54.3 Å². The van der Waals surface area contributed by atoms with E-state index >= 15 is 0 Å². The number of hydrogen-bond donors (Lipinski definition) is 0. The van der Waals surface area contributed by atoms with Crippen LogP contribution in [0.15, 0.2) is 24.3 Å². The number of ketones is 1. The van der Waals surface area contributed by atoms with Gasteiger partial charge in [0, 0.05) is 17.6 Å². The van der Waals surface area contributed by atoms with Gasteiger partial charge in [0.25, 0.3) is 0 Å². The van der Waals surface area contributed by atoms with Crippen LogP contribution < -0.4 is 18.9 Å². The van der Waals surface area contributed by atoms with Gasteiger partial charge in [0.15, 0.2) is 17.3 Å². The molecule has 1 aliphatic carbocycles. The van der Waals surface area contributed by atoms with Crippen molar-refractivity contribution in [1.82, 2.24) is 0 Å². The van der Waals surface area contributed by atoms with E-state index in [1.807, 2.05) is 37.3 Å². The summed E-state index contributed by atoms with van der Waals surface area (Å²) in [5, 5.41) is 0. The van der Waals surface area contributed by atoms with E-state index in [2.05, 4.69) is 0 Å². The summed E-state index contributed by atoms with van der Waals surface area (Å²) in [6.45, 7) is 1.98. The van der Waals surface area contributed by atoms with Gasteiger partial charge in [0.1, 0.15) is 5.75 Å². The number of methoxy groups -OCH3 is 4. The summed E-state index contributed by atoms with van der Waals surface area (Å²) in [4.78, 5) is 12.7. The van der Waals surface area contributed by atoms with Crippen LogP contribution in [0.4, 0.5) is 0 Å². The van der Waals surface area contributed by atoms with E-state index in [0.717, 1.165) is 28.0 Å². The van der Waals surface area contributed by atoms with Crippen LogP contribution >= 0.6 is 0 Å². The first-order chi connectivity index (χ1) is 13.0. The smallest absolute Gasteiger partial charge is 0.203 e. The number of aryl methyl sites for hydroxylation is 1. The molecule has 27 heavy (non-hydrogen) atoms. The molecule has 0 unspecified atom stereocenters. The molecular formula is C22H24O5. The average molecular weight is 368 g/mol. The van der Waals surface area contributed by atoms with Gasteiger partial charge in [0.2, 0.25) is 5.75 Å². The first-order valence-corrected chi connectivity index (χ1v) is 8.75. The lowest BCUT2D eigenvalue weighted by atomic mass is 9.84. The number of hydrogen-bond acceptors (Lipinski definition) is 5. The molecule has 142 valence electrons. The number of carbonyl (C=O) groups excluding carboxylic acids is 1. The summed E-state index contributed by atoms with van der Waals surface area (Å²) in [5.41, 5.74) is 4.40. The Kier molecular flexibility index (Phi) is 5.40. The van der Waals surface area contributed by atoms with Gasteiger partial charge >= 0.3 is 0 Å². The van der Waals surface area contributed by atoms with Crippen molar-refractivity contribution in [2.75, 3.05) is 28.4 Å². The molecule has 1 aliphatic rings. The Morgan fingerprint density at radius 2 is 1.56 bits per heavy atom. The van der Waals surface area contributed by atoms with Crippen LogP contribution in [0, 0.1) is 6.92 Å². The third kappa shape index (κ3) is 3.37. The molecule has 0 spiro atoms. The number of rotatable bonds is 5. The van der Waals surface area contributed by atoms with Crippen molar-refractivity contribution >= 4 is 17.4 Å². The SMILES string of the molecule is COc1ccc(/C=C2/C(=O)CCc3c2cc(OC)c(OC)c3OC)cc1C. The van der Waals surface area contributed by atoms with Crippen LogP contribution in [-0.4, -0.2) is 34.2 Å². The Hall–Kier alpha value is -2.95. The Labute approximate surface area is 159 Å². The van der Waals surface area contributed by atoms with Crippen LogP contribution in [0.25, 0.3) is 11.6 Å². The summed E-state index contributed by atoms with van der Waals surface area (Å²) >= 11 is 0. The van der Waals surface area contributed by atoms with E-state index in [9.17, 15) is 4.79 Å². The van der Waals surface area contributed by atoms with Gasteiger partial charge in [-0.15, -0.1) is 0 Å². The fourth-order valence-corrected chi connectivity index (χ4v) is 3.54. The Bertz CT molecular complexity index is 911. The topological polar surface area (TPSA) is 54.0 Å². The predicted molar refractivity (Wildman–Crippen MR) is 105 cm³/mol. The highest BCUT2D eigenvalue weighted by Crippen LogP contribution is 2.46. The van der Waals surface area contributed by atoms with Crippen LogP contribution in [0.2, 0.25) is 0 Å². The van der Waals surface area contributed by atoms with Gasteiger partial charge < -0.3 is 18.9 Å². The van der Waals surface area contributed by atoms with E-state index in [-0.39, 0.29) is 5.78 Å². The largest absolute Gasteiger partial charge is 0.496 e. The molecular weight excluding hydrogens is 344 g/mol. The number of fused-ring (bicyclic) bond motifs is 1. The molecule has 2 aromatic carbocycles. The zero-order valence-corrected chi connectivity index (χ0v) is 16.3. The van der Waals surface area contributed by atoms with Gasteiger partial charge in [-0.25, -0.2) is 0 Å². The Morgan fingerprint density at radius 3 is 2.15 bits per heavy atom. The molecule has 0 aromatic heterocycles. The lowest BCUT2D eigenvalue weighted by Gasteiger charge is -2.24. The predicted octanol–water partition coefficient (Wildman–Crippen LogP) is 4.09. The maximum Gasteiger partial charge on any atom is 0.203 e. The molecule has 3 rings (SSSR count). The van der Waals surface area contributed by atoms with Crippen molar-refractivity contribution in [2.24, 2.45) is 0 Å². The number of carbonyl (C=O) groups is 1. The summed E-state index contributed by atoms with van der Waals surface area (Å²) in [6, 6.07) is 7.71. The minimum Gasteiger partial charge on any atom is -0.496 e. The van der Waals surface area contributed by atoms with Crippen LogP contribution in [-0.2, 0) is 11.2 Å². The molecule has 0 heterocycles. The molecule has 5 nitrogen and oxygen atoms in total. The summed E-state index contributed by atoms with van der Waals surface area (Å²) < 4.78 is 21.9. The molecule has 0 saturated heterocycles. The van der Waals surface area contributed by atoms with Crippen molar-refractivity contribution in [3.05, 3.63) is 46.5 Å². The molecule has 0 amide bonds. The molecule has 0 radical (unpaired) electrons. The van der Waals surface area contributed by atoms with Crippen molar-refractivity contribution in [1.29, 1.82) is 0 Å². The second kappa shape index (κ2) is 7.74. The molecule has 2 aromatic rings. The zero-order valence-electron chi connectivity index (χ0n) is 16.3. The first kappa shape index (κ1) is 18.8. The Balaban J connectivity index is 2.19. The van der Waals surface area contributed by atoms with E-state index in [1.54, 1.807) is 28.4 Å². The highest BCUT2D eigenvalue weighted by atomic mass is 16.5. The fraction of sp³-hybridized carbons (Fsp3) is 0.318. The maximum atomic E-state index is 12.7. The monoisotopic (exact) mass is 368 g/mol. The van der Waals surface area contributed by atoms with Crippen LogP contribution in [0.3, 0.4) is 0 Å². The quantitative estimate of drug-likeness (QED) is 0.744. The lowest BCUT2D eigenvalue weighted by Crippen LogP contribution is -2.14. The average Bonchev–Trinajstić information content (AvgIpc) is 2.68. The molecule has 0 bridgehead atoms. The van der Waals surface area contributed by atoms with Gasteiger partial charge in [0.05, 0.1) is 28.4 Å². The molecule has 0 fully saturated rings. The number of allylic oxidation sites excluding steroid dienone is 1. The molecule has 0 aliphatic heterocycles. The third-order valence-corrected chi connectivity index (χ3v) is 4.86. The van der Waals surface area contributed by atoms with Crippen molar-refractivity contribution < 1.29 is 23.7 Å². The van der Waals surface area contributed by atoms with Gasteiger partial charge in [-0.3, -0.25) is 4.79 Å². The molecule has 0 N–H and O–H groups in total. The van der Waals surface area contributed by atoms with Gasteiger partial charge in [-0.2, -0.15) is 0 Å². The number of ether oxygens (including phenoxy) is 4. The third-order valence-electron chi connectivity index (χ3n) is 4.86. The van der Waals surface area contributed by atoms with Crippen molar-refractivity contribution in [3.8, 4) is 23.0 Å². The molecule has 5 heteroatoms. The highest BCUT2D eigenvalue weighted by molar-refractivity contribution is 6.27. The minimum atomic E-state index is 0.102. The second-order valence-electron chi connectivity index (χ2n) is 6.38. The van der Waals surface area contributed by atoms with Crippen molar-refractivity contribution in [3.63, 3.8) is 0 Å². The van der Waals surface area contributed by atoms with Gasteiger partial charge in [-0.1, -0.05) is 6.07 Å². The Morgan fingerprint density at radius 1 is 0.852 bits per heavy atom. The normalized spacial score (nSPS) is 14.7. The summed E-state index contributed by atoms with van der Waals surface area (Å²) in [5.74, 6) is 2.63. The van der Waals surface area contributed by atoms with Crippen molar-refractivity contribution in [2.45, 2.75) is 19.8 Å². The molecule has 0 saturated carbocycles.